The number of nitrogens with one attached hydrogen (secondary N) is 1. The van der Waals surface area contributed by atoms with Crippen LogP contribution < -0.4 is 10.1 Å². The van der Waals surface area contributed by atoms with Crippen molar-refractivity contribution >= 4 is 50.1 Å². The third-order valence-corrected chi connectivity index (χ3v) is 10.4. The topological polar surface area (TPSA) is 64.6 Å². The van der Waals surface area contributed by atoms with Crippen LogP contribution in [0.1, 0.15) is 40.9 Å². The highest BCUT2D eigenvalue weighted by Crippen LogP contribution is 2.40. The number of thiophene rings is 1. The number of methoxy groups -OCH3 is 1. The summed E-state index contributed by atoms with van der Waals surface area (Å²) in [5.74, 6) is -1.02. The molecule has 1 fully saturated rings. The molecule has 216 valence electrons. The van der Waals surface area contributed by atoms with E-state index in [0.717, 1.165) is 70.7 Å². The molecule has 1 aromatic heterocycles. The van der Waals surface area contributed by atoms with Gasteiger partial charge in [0, 0.05) is 30.3 Å². The predicted molar refractivity (Wildman–Crippen MR) is 162 cm³/mol. The van der Waals surface area contributed by atoms with Crippen LogP contribution in [0, 0.1) is 11.6 Å². The lowest BCUT2D eigenvalue weighted by molar-refractivity contribution is 0.0604. The molecule has 3 aromatic carbocycles. The van der Waals surface area contributed by atoms with Crippen LogP contribution in [0.4, 0.5) is 8.78 Å². The fraction of sp³-hybridized carbons (Fsp3) is 0.323. The Hall–Kier alpha value is -2.69. The van der Waals surface area contributed by atoms with Gasteiger partial charge in [-0.1, -0.05) is 29.8 Å². The van der Waals surface area contributed by atoms with E-state index in [4.69, 9.17) is 16.3 Å². The van der Waals surface area contributed by atoms with Crippen LogP contribution >= 0.6 is 22.9 Å². The zero-order valence-corrected chi connectivity index (χ0v) is 25.4. The van der Waals surface area contributed by atoms with Gasteiger partial charge in [0.15, 0.2) is 4.90 Å². The monoisotopic (exact) mass is 616 g/mol. The van der Waals surface area contributed by atoms with Gasteiger partial charge in [-0.15, -0.1) is 11.3 Å². The first-order valence-corrected chi connectivity index (χ1v) is 16.1. The van der Waals surface area contributed by atoms with Crippen LogP contribution in [0.15, 0.2) is 59.5 Å². The van der Waals surface area contributed by atoms with Crippen molar-refractivity contribution in [2.24, 2.45) is 0 Å². The average molecular weight is 617 g/mol. The Kier molecular flexibility index (Phi) is 9.21. The summed E-state index contributed by atoms with van der Waals surface area (Å²) in [6.07, 6.45) is 4.98. The fourth-order valence-electron chi connectivity index (χ4n) is 5.53. The molecule has 0 bridgehead atoms. The zero-order chi connectivity index (χ0) is 29.3. The van der Waals surface area contributed by atoms with Gasteiger partial charge in [-0.05, 0) is 85.4 Å². The van der Waals surface area contributed by atoms with Gasteiger partial charge in [0.2, 0.25) is 0 Å². The molecule has 5 nitrogen and oxygen atoms in total. The van der Waals surface area contributed by atoms with Crippen LogP contribution in [0.5, 0.6) is 5.75 Å². The lowest BCUT2D eigenvalue weighted by atomic mass is 9.89. The molecular formula is C31H31ClF2N2O3S2. The first-order chi connectivity index (χ1) is 19.7. The second kappa shape index (κ2) is 12.7. The van der Waals surface area contributed by atoms with E-state index >= 15 is 0 Å². The number of amides is 1. The van der Waals surface area contributed by atoms with Crippen molar-refractivity contribution in [2.75, 3.05) is 20.4 Å². The number of carbonyl (C=O) groups excluding carboxylic acids is 1. The minimum atomic E-state index is -1.13. The third-order valence-electron chi connectivity index (χ3n) is 7.80. The fourth-order valence-corrected chi connectivity index (χ4v) is 7.60. The Labute approximate surface area is 250 Å². The van der Waals surface area contributed by atoms with Crippen molar-refractivity contribution in [2.45, 2.75) is 49.2 Å². The van der Waals surface area contributed by atoms with Crippen molar-refractivity contribution in [3.05, 3.63) is 81.7 Å². The van der Waals surface area contributed by atoms with E-state index < -0.39 is 22.8 Å². The molecule has 0 aliphatic heterocycles. The molecule has 0 radical (unpaired) electrons. The molecule has 1 N–H and O–H groups in total. The molecule has 0 spiro atoms. The summed E-state index contributed by atoms with van der Waals surface area (Å²) < 4.78 is 47.1. The van der Waals surface area contributed by atoms with Crippen LogP contribution in [-0.4, -0.2) is 47.9 Å². The first kappa shape index (κ1) is 29.8. The van der Waals surface area contributed by atoms with E-state index in [-0.39, 0.29) is 38.5 Å². The second-order valence-electron chi connectivity index (χ2n) is 10.2. The molecule has 5 rings (SSSR count). The molecule has 41 heavy (non-hydrogen) atoms. The van der Waals surface area contributed by atoms with Crippen molar-refractivity contribution in [1.82, 2.24) is 10.2 Å². The van der Waals surface area contributed by atoms with Gasteiger partial charge in [-0.3, -0.25) is 4.79 Å². The van der Waals surface area contributed by atoms with Gasteiger partial charge < -0.3 is 19.5 Å². The summed E-state index contributed by atoms with van der Waals surface area (Å²) in [6, 6.07) is 15.7. The zero-order valence-electron chi connectivity index (χ0n) is 23.0. The van der Waals surface area contributed by atoms with Gasteiger partial charge in [-0.2, -0.15) is 0 Å². The predicted octanol–water partition coefficient (Wildman–Crippen LogP) is 7.42. The standard InChI is InChI=1S/C31H31ClF2N2O3S2/c1-35-21-8-10-22(11-9-21)36(31(37)30-28(32)27-24(33)12-13-25(34)29(27)40-30)17-20-15-19(7-14-26(20)39-2)18-5-4-6-23(16-18)41(3)38/h4-7,12-16,21-22,35H,8-11,17H2,1-3H3/t21-,22-,41?. The molecule has 1 saturated carbocycles. The number of fused-ring (bicyclic) bond motifs is 1. The Morgan fingerprint density at radius 2 is 1.80 bits per heavy atom. The normalized spacial score (nSPS) is 17.9. The molecule has 1 atom stereocenters. The van der Waals surface area contributed by atoms with Gasteiger partial charge in [-0.25, -0.2) is 8.78 Å². The molecule has 1 amide bonds. The second-order valence-corrected chi connectivity index (χ2v) is 13.0. The Bertz CT molecular complexity index is 1570. The van der Waals surface area contributed by atoms with Gasteiger partial charge in [0.05, 0.1) is 22.2 Å². The van der Waals surface area contributed by atoms with E-state index in [0.29, 0.717) is 11.8 Å². The quantitative estimate of drug-likeness (QED) is 0.209. The Morgan fingerprint density at radius 3 is 2.46 bits per heavy atom. The minimum absolute atomic E-state index is 0.0324. The SMILES string of the molecule is CN[C@H]1CC[C@H](N(Cc2cc(-c3cccc([S+](C)[O-])c3)ccc2OC)C(=O)c2sc3c(F)ccc(F)c3c2Cl)CC1. The number of benzene rings is 3. The van der Waals surface area contributed by atoms with E-state index in [1.807, 2.05) is 49.5 Å². The van der Waals surface area contributed by atoms with Crippen LogP contribution in [0.3, 0.4) is 0 Å². The van der Waals surface area contributed by atoms with Crippen molar-refractivity contribution < 1.29 is 22.9 Å². The summed E-state index contributed by atoms with van der Waals surface area (Å²) >= 11 is 6.32. The molecule has 0 saturated heterocycles. The van der Waals surface area contributed by atoms with Crippen LogP contribution in [0.2, 0.25) is 5.02 Å². The smallest absolute Gasteiger partial charge is 0.266 e. The van der Waals surface area contributed by atoms with E-state index in [1.54, 1.807) is 18.3 Å². The third kappa shape index (κ3) is 6.10. The highest BCUT2D eigenvalue weighted by Gasteiger charge is 2.33. The van der Waals surface area contributed by atoms with Crippen LogP contribution in [0.25, 0.3) is 21.2 Å². The van der Waals surface area contributed by atoms with Crippen molar-refractivity contribution in [1.29, 1.82) is 0 Å². The maximum absolute atomic E-state index is 14.7. The number of hydrogen-bond acceptors (Lipinski definition) is 5. The van der Waals surface area contributed by atoms with E-state index in [1.165, 1.54) is 0 Å². The lowest BCUT2D eigenvalue weighted by Crippen LogP contribution is -2.44. The summed E-state index contributed by atoms with van der Waals surface area (Å²) in [4.78, 5) is 16.8. The molecule has 1 heterocycles. The summed E-state index contributed by atoms with van der Waals surface area (Å²) in [7, 11) is 3.52. The summed E-state index contributed by atoms with van der Waals surface area (Å²) in [6.45, 7) is 0.222. The maximum atomic E-state index is 14.7. The molecule has 1 aliphatic carbocycles. The number of nitrogens with zero attached hydrogens (tertiary/aromatic N) is 1. The molecular weight excluding hydrogens is 586 g/mol. The molecule has 10 heteroatoms. The lowest BCUT2D eigenvalue weighted by Gasteiger charge is -2.37. The highest BCUT2D eigenvalue weighted by atomic mass is 35.5. The largest absolute Gasteiger partial charge is 0.612 e. The van der Waals surface area contributed by atoms with Gasteiger partial charge in [0.1, 0.15) is 28.5 Å². The highest BCUT2D eigenvalue weighted by molar-refractivity contribution is 7.90. The number of ether oxygens (including phenoxy) is 1. The number of rotatable bonds is 8. The number of halogens is 3. The Morgan fingerprint density at radius 1 is 1.10 bits per heavy atom. The molecule has 1 unspecified atom stereocenters. The molecule has 1 aliphatic rings. The number of hydrogen-bond donors (Lipinski definition) is 1. The van der Waals surface area contributed by atoms with Crippen molar-refractivity contribution in [3.8, 4) is 16.9 Å². The first-order valence-electron chi connectivity index (χ1n) is 13.4. The minimum Gasteiger partial charge on any atom is -0.612 e. The maximum Gasteiger partial charge on any atom is 0.266 e. The molecule has 4 aromatic rings. The summed E-state index contributed by atoms with van der Waals surface area (Å²) in [5.41, 5.74) is 2.57. The Balaban J connectivity index is 1.56. The van der Waals surface area contributed by atoms with E-state index in [9.17, 15) is 18.1 Å². The van der Waals surface area contributed by atoms with Gasteiger partial charge in [0.25, 0.3) is 5.91 Å². The number of carbonyl (C=O) groups is 1. The summed E-state index contributed by atoms with van der Waals surface area (Å²) in [5, 5.41) is 3.19. The van der Waals surface area contributed by atoms with Crippen LogP contribution in [-0.2, 0) is 17.7 Å². The average Bonchev–Trinajstić information content (AvgIpc) is 3.35. The van der Waals surface area contributed by atoms with E-state index in [2.05, 4.69) is 5.32 Å². The van der Waals surface area contributed by atoms with Crippen molar-refractivity contribution in [3.63, 3.8) is 0 Å². The van der Waals surface area contributed by atoms with Gasteiger partial charge >= 0.3 is 0 Å².